The normalized spacial score (nSPS) is 34.8. The second kappa shape index (κ2) is 8.17. The number of aliphatic hydroxyl groups excluding tert-OH is 1. The Morgan fingerprint density at radius 3 is 2.52 bits per heavy atom. The summed E-state index contributed by atoms with van der Waals surface area (Å²) in [5.74, 6) is -1.17. The van der Waals surface area contributed by atoms with Crippen LogP contribution in [0.4, 0.5) is 0 Å². The first-order valence-corrected chi connectivity index (χ1v) is 14.6. The molecule has 178 valence electrons. The van der Waals surface area contributed by atoms with Crippen LogP contribution in [0.2, 0.25) is 19.6 Å². The molecule has 33 heavy (non-hydrogen) atoms. The molecule has 1 spiro atoms. The SMILES string of the molecule is CC/C=C\[C@H]1O[C@@H]1C1=C(C)C(=O)[C@]2(O1)C(=O)N[C@@](O)(C(O)c1ccccc1)[C@@H]2O[Si](C)(C)C. The fourth-order valence-corrected chi connectivity index (χ4v) is 5.48. The Labute approximate surface area is 194 Å². The quantitative estimate of drug-likeness (QED) is 0.240. The van der Waals surface area contributed by atoms with Gasteiger partial charge in [-0.3, -0.25) is 9.59 Å². The molecule has 0 aliphatic carbocycles. The van der Waals surface area contributed by atoms with Gasteiger partial charge >= 0.3 is 0 Å². The van der Waals surface area contributed by atoms with Gasteiger partial charge in [-0.15, -0.1) is 0 Å². The lowest BCUT2D eigenvalue weighted by Gasteiger charge is -2.40. The van der Waals surface area contributed by atoms with Crippen LogP contribution in [0, 0.1) is 0 Å². The van der Waals surface area contributed by atoms with Gasteiger partial charge in [0.05, 0.1) is 0 Å². The van der Waals surface area contributed by atoms with Crippen molar-refractivity contribution in [3.05, 3.63) is 59.4 Å². The lowest BCUT2D eigenvalue weighted by molar-refractivity contribution is -0.179. The molecule has 8 nitrogen and oxygen atoms in total. The molecule has 0 saturated carbocycles. The molecule has 1 aromatic rings. The molecule has 4 rings (SSSR count). The third-order valence-corrected chi connectivity index (χ3v) is 7.03. The second-order valence-corrected chi connectivity index (χ2v) is 14.2. The van der Waals surface area contributed by atoms with Crippen molar-refractivity contribution in [2.24, 2.45) is 0 Å². The molecule has 3 N–H and O–H groups in total. The molecule has 1 unspecified atom stereocenters. The lowest BCUT2D eigenvalue weighted by Crippen LogP contribution is -2.62. The van der Waals surface area contributed by atoms with Crippen LogP contribution in [0.3, 0.4) is 0 Å². The average molecular weight is 474 g/mol. The van der Waals surface area contributed by atoms with Crippen molar-refractivity contribution in [3.8, 4) is 0 Å². The van der Waals surface area contributed by atoms with Crippen LogP contribution in [-0.2, 0) is 23.5 Å². The number of epoxide rings is 1. The Morgan fingerprint density at radius 2 is 1.91 bits per heavy atom. The van der Waals surface area contributed by atoms with E-state index in [-0.39, 0.29) is 17.4 Å². The summed E-state index contributed by atoms with van der Waals surface area (Å²) in [5.41, 5.74) is -3.80. The van der Waals surface area contributed by atoms with E-state index < -0.39 is 49.6 Å². The van der Waals surface area contributed by atoms with Crippen molar-refractivity contribution in [1.29, 1.82) is 0 Å². The zero-order valence-electron chi connectivity index (χ0n) is 19.5. The van der Waals surface area contributed by atoms with E-state index in [0.717, 1.165) is 6.42 Å². The Balaban J connectivity index is 1.74. The molecule has 3 heterocycles. The van der Waals surface area contributed by atoms with Crippen molar-refractivity contribution in [1.82, 2.24) is 5.32 Å². The first kappa shape index (κ1) is 23.8. The fraction of sp³-hybridized carbons (Fsp3) is 0.500. The van der Waals surface area contributed by atoms with Gasteiger partial charge in [-0.05, 0) is 38.5 Å². The summed E-state index contributed by atoms with van der Waals surface area (Å²) in [4.78, 5) is 26.9. The number of carbonyl (C=O) groups excluding carboxylic acids is 2. The van der Waals surface area contributed by atoms with Gasteiger partial charge in [-0.2, -0.15) is 0 Å². The van der Waals surface area contributed by atoms with Crippen molar-refractivity contribution in [2.45, 2.75) is 75.7 Å². The minimum absolute atomic E-state index is 0.243. The van der Waals surface area contributed by atoms with Gasteiger partial charge in [0, 0.05) is 5.57 Å². The van der Waals surface area contributed by atoms with E-state index in [9.17, 15) is 19.8 Å². The number of nitrogens with one attached hydrogen (secondary N) is 1. The highest BCUT2D eigenvalue weighted by Gasteiger charge is 2.75. The molecule has 3 aliphatic rings. The van der Waals surface area contributed by atoms with E-state index in [1.165, 1.54) is 0 Å². The molecule has 1 amide bonds. The van der Waals surface area contributed by atoms with Crippen LogP contribution in [0.1, 0.15) is 31.9 Å². The zero-order valence-corrected chi connectivity index (χ0v) is 20.5. The summed E-state index contributed by atoms with van der Waals surface area (Å²) in [6.07, 6.45) is 0.944. The summed E-state index contributed by atoms with van der Waals surface area (Å²) in [6.45, 7) is 9.20. The van der Waals surface area contributed by atoms with E-state index >= 15 is 0 Å². The van der Waals surface area contributed by atoms with E-state index in [4.69, 9.17) is 13.9 Å². The molecule has 0 aromatic heterocycles. The summed E-state index contributed by atoms with van der Waals surface area (Å²) >= 11 is 0. The van der Waals surface area contributed by atoms with Gasteiger partial charge < -0.3 is 29.4 Å². The number of benzene rings is 1. The number of aliphatic hydroxyl groups is 2. The maximum Gasteiger partial charge on any atom is 0.277 e. The zero-order chi connectivity index (χ0) is 24.2. The molecular formula is C24H31NO7Si. The Morgan fingerprint density at radius 1 is 1.24 bits per heavy atom. The van der Waals surface area contributed by atoms with Crippen molar-refractivity contribution >= 4 is 20.0 Å². The van der Waals surface area contributed by atoms with E-state index in [1.807, 2.05) is 38.7 Å². The molecule has 3 aliphatic heterocycles. The Hall–Kier alpha value is -2.30. The van der Waals surface area contributed by atoms with E-state index in [0.29, 0.717) is 5.56 Å². The van der Waals surface area contributed by atoms with Crippen LogP contribution in [0.15, 0.2) is 53.8 Å². The fourth-order valence-electron chi connectivity index (χ4n) is 4.43. The third-order valence-electron chi connectivity index (χ3n) is 6.09. The van der Waals surface area contributed by atoms with Gasteiger partial charge in [0.25, 0.3) is 11.5 Å². The number of Topliss-reactive ketones (excluding diaryl/α,β-unsaturated/α-hetero) is 1. The predicted molar refractivity (Wildman–Crippen MR) is 122 cm³/mol. The number of ketones is 1. The predicted octanol–water partition coefficient (Wildman–Crippen LogP) is 2.10. The van der Waals surface area contributed by atoms with Crippen LogP contribution in [0.25, 0.3) is 0 Å². The topological polar surface area (TPSA) is 118 Å². The minimum atomic E-state index is -2.45. The number of carbonyl (C=O) groups is 2. The van der Waals surface area contributed by atoms with Crippen molar-refractivity contribution in [3.63, 3.8) is 0 Å². The van der Waals surface area contributed by atoms with Crippen molar-refractivity contribution < 1.29 is 33.7 Å². The largest absolute Gasteiger partial charge is 0.467 e. The van der Waals surface area contributed by atoms with Gasteiger partial charge in [-0.1, -0.05) is 49.4 Å². The van der Waals surface area contributed by atoms with Gasteiger partial charge in [0.2, 0.25) is 5.78 Å². The number of rotatable bonds is 7. The standard InChI is InChI=1S/C24H31NO7Si/c1-6-7-13-16-18(30-16)17-14(2)19(26)23(31-17)21(32-33(3,4)5)24(29,25-22(23)28)20(27)15-11-9-8-10-12-15/h7-13,16,18,20-21,27,29H,6H2,1-5H3,(H,25,28)/b13-7-/t16-,18+,20?,21-,23-,24-/m1/s1. The minimum Gasteiger partial charge on any atom is -0.467 e. The number of ether oxygens (including phenoxy) is 2. The molecule has 2 saturated heterocycles. The smallest absolute Gasteiger partial charge is 0.277 e. The van der Waals surface area contributed by atoms with Crippen LogP contribution in [0.5, 0.6) is 0 Å². The Bertz CT molecular complexity index is 1020. The highest BCUT2D eigenvalue weighted by Crippen LogP contribution is 2.50. The summed E-state index contributed by atoms with van der Waals surface area (Å²) in [5, 5.41) is 25.3. The number of amides is 1. The van der Waals surface area contributed by atoms with E-state index in [2.05, 4.69) is 5.32 Å². The Kier molecular flexibility index (Phi) is 5.91. The average Bonchev–Trinajstić information content (AvgIpc) is 3.44. The highest BCUT2D eigenvalue weighted by atomic mass is 28.4. The first-order chi connectivity index (χ1) is 15.5. The van der Waals surface area contributed by atoms with Gasteiger partial charge in [0.1, 0.15) is 24.1 Å². The molecule has 9 heteroatoms. The maximum atomic E-state index is 13.6. The number of hydrogen-bond acceptors (Lipinski definition) is 7. The van der Waals surface area contributed by atoms with E-state index in [1.54, 1.807) is 37.3 Å². The molecule has 6 atom stereocenters. The molecular weight excluding hydrogens is 442 g/mol. The molecule has 2 fully saturated rings. The summed E-state index contributed by atoms with van der Waals surface area (Å²) in [7, 11) is -2.45. The van der Waals surface area contributed by atoms with Crippen LogP contribution in [-0.4, -0.2) is 59.9 Å². The first-order valence-electron chi connectivity index (χ1n) is 11.2. The maximum absolute atomic E-state index is 13.6. The lowest BCUT2D eigenvalue weighted by atomic mass is 9.84. The molecule has 0 bridgehead atoms. The van der Waals surface area contributed by atoms with Gasteiger partial charge in [0.15, 0.2) is 20.1 Å². The number of hydrogen-bond donors (Lipinski definition) is 3. The highest BCUT2D eigenvalue weighted by molar-refractivity contribution is 6.69. The molecule has 1 aromatic carbocycles. The number of allylic oxidation sites excluding steroid dienone is 1. The summed E-state index contributed by atoms with van der Waals surface area (Å²) < 4.78 is 18.0. The monoisotopic (exact) mass is 473 g/mol. The summed E-state index contributed by atoms with van der Waals surface area (Å²) in [6, 6.07) is 8.43. The van der Waals surface area contributed by atoms with Crippen LogP contribution >= 0.6 is 0 Å². The second-order valence-electron chi connectivity index (χ2n) is 9.72. The van der Waals surface area contributed by atoms with Crippen LogP contribution < -0.4 is 5.32 Å². The third kappa shape index (κ3) is 3.87. The molecule has 0 radical (unpaired) electrons. The van der Waals surface area contributed by atoms with Gasteiger partial charge in [-0.25, -0.2) is 0 Å². The van der Waals surface area contributed by atoms with Crippen molar-refractivity contribution in [2.75, 3.05) is 0 Å².